The van der Waals surface area contributed by atoms with Crippen LogP contribution in [0.15, 0.2) is 17.5 Å². The molecule has 1 atom stereocenters. The van der Waals surface area contributed by atoms with Gasteiger partial charge in [-0.3, -0.25) is 4.90 Å². The number of halogens is 1. The number of nitrogens with zero attached hydrogens (tertiary/aromatic N) is 1. The van der Waals surface area contributed by atoms with Gasteiger partial charge in [0.1, 0.15) is 0 Å². The molecular weight excluding hydrogens is 270 g/mol. The van der Waals surface area contributed by atoms with Crippen molar-refractivity contribution in [2.75, 3.05) is 11.9 Å². The highest BCUT2D eigenvalue weighted by molar-refractivity contribution is 9.09. The first kappa shape index (κ1) is 11.6. The average molecular weight is 288 g/mol. The van der Waals surface area contributed by atoms with Gasteiger partial charge in [-0.2, -0.15) is 0 Å². The predicted octanol–water partition coefficient (Wildman–Crippen LogP) is 3.89. The summed E-state index contributed by atoms with van der Waals surface area (Å²) in [4.78, 5) is 4.18. The van der Waals surface area contributed by atoms with Crippen LogP contribution in [0.25, 0.3) is 0 Å². The van der Waals surface area contributed by atoms with Gasteiger partial charge in [-0.05, 0) is 43.7 Å². The Labute approximate surface area is 105 Å². The van der Waals surface area contributed by atoms with Crippen LogP contribution in [0.1, 0.15) is 30.6 Å². The topological polar surface area (TPSA) is 3.24 Å². The Kier molecular flexibility index (Phi) is 4.66. The maximum atomic E-state index is 3.52. The second-order valence-corrected chi connectivity index (χ2v) is 6.00. The van der Waals surface area contributed by atoms with E-state index >= 15 is 0 Å². The van der Waals surface area contributed by atoms with Gasteiger partial charge < -0.3 is 0 Å². The van der Waals surface area contributed by atoms with E-state index in [1.165, 1.54) is 43.6 Å². The third-order valence-corrected chi connectivity index (χ3v) is 4.53. The summed E-state index contributed by atoms with van der Waals surface area (Å²) in [6.07, 6.45) is 5.46. The second kappa shape index (κ2) is 6.02. The highest BCUT2D eigenvalue weighted by atomic mass is 79.9. The van der Waals surface area contributed by atoms with E-state index in [1.54, 1.807) is 0 Å². The van der Waals surface area contributed by atoms with Crippen LogP contribution in [0.3, 0.4) is 0 Å². The summed E-state index contributed by atoms with van der Waals surface area (Å²) in [6, 6.07) is 5.25. The number of alkyl halides is 1. The molecule has 0 saturated carbocycles. The van der Waals surface area contributed by atoms with Crippen molar-refractivity contribution in [3.8, 4) is 0 Å². The van der Waals surface area contributed by atoms with E-state index < -0.39 is 0 Å². The van der Waals surface area contributed by atoms with E-state index in [1.807, 2.05) is 11.3 Å². The van der Waals surface area contributed by atoms with E-state index in [0.717, 1.165) is 11.4 Å². The Balaban J connectivity index is 1.85. The van der Waals surface area contributed by atoms with Gasteiger partial charge >= 0.3 is 0 Å². The van der Waals surface area contributed by atoms with Gasteiger partial charge in [-0.15, -0.1) is 11.3 Å². The summed E-state index contributed by atoms with van der Waals surface area (Å²) in [5.74, 6) is 0. The van der Waals surface area contributed by atoms with Crippen LogP contribution in [-0.2, 0) is 6.54 Å². The highest BCUT2D eigenvalue weighted by Crippen LogP contribution is 2.24. The van der Waals surface area contributed by atoms with Crippen molar-refractivity contribution >= 4 is 27.3 Å². The summed E-state index contributed by atoms with van der Waals surface area (Å²) >= 11 is 5.41. The first-order valence-corrected chi connectivity index (χ1v) is 7.72. The molecule has 0 N–H and O–H groups in total. The molecule has 2 rings (SSSR count). The van der Waals surface area contributed by atoms with Crippen LogP contribution >= 0.6 is 27.3 Å². The van der Waals surface area contributed by atoms with Gasteiger partial charge in [-0.25, -0.2) is 0 Å². The summed E-state index contributed by atoms with van der Waals surface area (Å²) < 4.78 is 0. The Hall–Kier alpha value is 0.140. The number of thiophene rings is 1. The molecule has 1 aromatic heterocycles. The molecule has 84 valence electrons. The normalized spacial score (nSPS) is 22.3. The van der Waals surface area contributed by atoms with Crippen molar-refractivity contribution in [2.45, 2.75) is 38.3 Å². The quantitative estimate of drug-likeness (QED) is 0.743. The van der Waals surface area contributed by atoms with Crippen molar-refractivity contribution < 1.29 is 0 Å². The molecule has 1 nitrogen and oxygen atoms in total. The van der Waals surface area contributed by atoms with Crippen LogP contribution in [0, 0.1) is 0 Å². The molecule has 3 heteroatoms. The minimum Gasteiger partial charge on any atom is -0.295 e. The van der Waals surface area contributed by atoms with Gasteiger partial charge in [0.25, 0.3) is 0 Å². The molecule has 2 heterocycles. The predicted molar refractivity (Wildman–Crippen MR) is 70.8 cm³/mol. The number of rotatable bonds is 5. The van der Waals surface area contributed by atoms with Gasteiger partial charge in [0, 0.05) is 22.8 Å². The SMILES string of the molecule is BrCCCC1CCCN1Cc1cccs1. The molecule has 0 spiro atoms. The van der Waals surface area contributed by atoms with Crippen molar-refractivity contribution in [3.05, 3.63) is 22.4 Å². The molecule has 1 unspecified atom stereocenters. The first-order chi connectivity index (χ1) is 7.40. The molecule has 0 amide bonds. The van der Waals surface area contributed by atoms with Crippen LogP contribution in [0.5, 0.6) is 0 Å². The van der Waals surface area contributed by atoms with Gasteiger partial charge in [0.15, 0.2) is 0 Å². The lowest BCUT2D eigenvalue weighted by Crippen LogP contribution is -2.28. The van der Waals surface area contributed by atoms with E-state index in [9.17, 15) is 0 Å². The Morgan fingerprint density at radius 3 is 3.20 bits per heavy atom. The first-order valence-electron chi connectivity index (χ1n) is 5.72. The van der Waals surface area contributed by atoms with Crippen LogP contribution in [-0.4, -0.2) is 22.8 Å². The van der Waals surface area contributed by atoms with Crippen molar-refractivity contribution in [3.63, 3.8) is 0 Å². The molecule has 1 fully saturated rings. The van der Waals surface area contributed by atoms with Gasteiger partial charge in [0.2, 0.25) is 0 Å². The maximum absolute atomic E-state index is 3.52. The summed E-state index contributed by atoms with van der Waals surface area (Å²) in [5, 5.41) is 3.33. The average Bonchev–Trinajstić information content (AvgIpc) is 2.87. The number of likely N-dealkylation sites (tertiary alicyclic amines) is 1. The lowest BCUT2D eigenvalue weighted by atomic mass is 10.1. The number of hydrogen-bond donors (Lipinski definition) is 0. The molecule has 0 aromatic carbocycles. The fourth-order valence-corrected chi connectivity index (χ4v) is 3.40. The molecule has 15 heavy (non-hydrogen) atoms. The lowest BCUT2D eigenvalue weighted by molar-refractivity contribution is 0.236. The van der Waals surface area contributed by atoms with E-state index in [4.69, 9.17) is 0 Å². The van der Waals surface area contributed by atoms with Crippen molar-refractivity contribution in [1.29, 1.82) is 0 Å². The van der Waals surface area contributed by atoms with E-state index in [-0.39, 0.29) is 0 Å². The minimum atomic E-state index is 0.838. The van der Waals surface area contributed by atoms with Crippen LogP contribution in [0.2, 0.25) is 0 Å². The second-order valence-electron chi connectivity index (χ2n) is 4.18. The minimum absolute atomic E-state index is 0.838. The third-order valence-electron chi connectivity index (χ3n) is 3.11. The molecule has 1 aliphatic rings. The zero-order valence-corrected chi connectivity index (χ0v) is 11.4. The molecule has 1 saturated heterocycles. The molecule has 1 aliphatic heterocycles. The Morgan fingerprint density at radius 1 is 1.53 bits per heavy atom. The maximum Gasteiger partial charge on any atom is 0.0330 e. The molecule has 0 aliphatic carbocycles. The molecule has 1 aromatic rings. The van der Waals surface area contributed by atoms with Crippen LogP contribution in [0.4, 0.5) is 0 Å². The largest absolute Gasteiger partial charge is 0.295 e. The molecular formula is C12H18BrNS. The fraction of sp³-hybridized carbons (Fsp3) is 0.667. The monoisotopic (exact) mass is 287 g/mol. The van der Waals surface area contributed by atoms with Gasteiger partial charge in [-0.1, -0.05) is 22.0 Å². The zero-order valence-electron chi connectivity index (χ0n) is 8.99. The summed E-state index contributed by atoms with van der Waals surface area (Å²) in [7, 11) is 0. The molecule has 0 radical (unpaired) electrons. The number of hydrogen-bond acceptors (Lipinski definition) is 2. The van der Waals surface area contributed by atoms with Crippen LogP contribution < -0.4 is 0 Å². The Morgan fingerprint density at radius 2 is 2.47 bits per heavy atom. The van der Waals surface area contributed by atoms with Crippen molar-refractivity contribution in [2.24, 2.45) is 0 Å². The van der Waals surface area contributed by atoms with Crippen molar-refractivity contribution in [1.82, 2.24) is 4.90 Å². The van der Waals surface area contributed by atoms with E-state index in [0.29, 0.717) is 0 Å². The molecule has 0 bridgehead atoms. The third kappa shape index (κ3) is 3.30. The lowest BCUT2D eigenvalue weighted by Gasteiger charge is -2.23. The van der Waals surface area contributed by atoms with Gasteiger partial charge in [0.05, 0.1) is 0 Å². The summed E-state index contributed by atoms with van der Waals surface area (Å²) in [5.41, 5.74) is 0. The smallest absolute Gasteiger partial charge is 0.0330 e. The standard InChI is InChI=1S/C12H18BrNS/c13-7-1-4-11-5-2-8-14(11)10-12-6-3-9-15-12/h3,6,9,11H,1-2,4-5,7-8,10H2. The zero-order chi connectivity index (χ0) is 10.5. The fourth-order valence-electron chi connectivity index (χ4n) is 2.35. The Bertz CT molecular complexity index is 273. The van der Waals surface area contributed by atoms with E-state index in [2.05, 4.69) is 38.3 Å². The highest BCUT2D eigenvalue weighted by Gasteiger charge is 2.23. The summed E-state index contributed by atoms with van der Waals surface area (Å²) in [6.45, 7) is 2.47.